The number of hydrogen-bond acceptors (Lipinski definition) is 3. The second kappa shape index (κ2) is 6.70. The summed E-state index contributed by atoms with van der Waals surface area (Å²) in [6.45, 7) is 5.49. The van der Waals surface area contributed by atoms with Crippen molar-refractivity contribution in [1.82, 2.24) is 5.43 Å². The Morgan fingerprint density at radius 1 is 1.24 bits per heavy atom. The summed E-state index contributed by atoms with van der Waals surface area (Å²) >= 11 is 0. The molecule has 2 aromatic rings. The third-order valence-electron chi connectivity index (χ3n) is 2.91. The Kier molecular flexibility index (Phi) is 4.72. The number of benzene rings is 1. The number of allylic oxidation sites excluding steroid dienone is 1. The highest BCUT2D eigenvalue weighted by Gasteiger charge is 2.12. The summed E-state index contributed by atoms with van der Waals surface area (Å²) in [5.74, 6) is 1.03. The molecule has 1 aromatic carbocycles. The van der Waals surface area contributed by atoms with Crippen LogP contribution >= 0.6 is 0 Å². The molecule has 0 aliphatic carbocycles. The molecule has 0 fully saturated rings. The maximum absolute atomic E-state index is 11.9. The lowest BCUT2D eigenvalue weighted by molar-refractivity contribution is 0.0953. The first-order valence-corrected chi connectivity index (χ1v) is 6.70. The zero-order chi connectivity index (χ0) is 15.2. The van der Waals surface area contributed by atoms with Gasteiger partial charge in [-0.05, 0) is 38.0 Å². The predicted octanol–water partition coefficient (Wildman–Crippen LogP) is 3.72. The van der Waals surface area contributed by atoms with Crippen molar-refractivity contribution in [2.45, 2.75) is 20.8 Å². The maximum Gasteiger partial charge on any atom is 0.274 e. The number of rotatable bonds is 4. The molecule has 0 spiro atoms. The van der Waals surface area contributed by atoms with Gasteiger partial charge in [-0.3, -0.25) is 4.79 Å². The summed E-state index contributed by atoms with van der Waals surface area (Å²) < 4.78 is 5.32. The Morgan fingerprint density at radius 2 is 1.95 bits per heavy atom. The lowest BCUT2D eigenvalue weighted by Gasteiger charge is -1.98. The zero-order valence-corrected chi connectivity index (χ0v) is 12.4. The average Bonchev–Trinajstić information content (AvgIpc) is 2.79. The van der Waals surface area contributed by atoms with Gasteiger partial charge in [-0.15, -0.1) is 0 Å². The number of amides is 1. The third kappa shape index (κ3) is 4.18. The van der Waals surface area contributed by atoms with Crippen molar-refractivity contribution in [3.05, 3.63) is 64.6 Å². The second-order valence-electron chi connectivity index (χ2n) is 4.83. The lowest BCUT2D eigenvalue weighted by Crippen LogP contribution is -2.17. The molecule has 1 heterocycles. The highest BCUT2D eigenvalue weighted by molar-refractivity contribution is 5.96. The number of hydrogen-bond donors (Lipinski definition) is 1. The molecule has 1 N–H and O–H groups in total. The van der Waals surface area contributed by atoms with Gasteiger partial charge in [0.2, 0.25) is 0 Å². The molecule has 0 saturated heterocycles. The standard InChI is InChI=1S/C17H18N2O2/c1-12(9-15-7-5-4-6-8-15)11-18-19-17(20)16-10-13(2)21-14(16)3/h4-11H,1-3H3,(H,19,20)/b12-9+,18-11?. The SMILES string of the molecule is C/C(C=NNC(=O)c1cc(C)oc1C)=C\c1ccccc1. The fourth-order valence-electron chi connectivity index (χ4n) is 1.96. The number of carbonyl (C=O) groups is 1. The summed E-state index contributed by atoms with van der Waals surface area (Å²) in [5, 5.41) is 3.96. The van der Waals surface area contributed by atoms with Crippen molar-refractivity contribution in [2.75, 3.05) is 0 Å². The minimum atomic E-state index is -0.270. The van der Waals surface area contributed by atoms with Crippen molar-refractivity contribution in [3.63, 3.8) is 0 Å². The van der Waals surface area contributed by atoms with Gasteiger partial charge < -0.3 is 4.42 Å². The normalized spacial score (nSPS) is 11.9. The van der Waals surface area contributed by atoms with Crippen molar-refractivity contribution < 1.29 is 9.21 Å². The fourth-order valence-corrected chi connectivity index (χ4v) is 1.96. The van der Waals surface area contributed by atoms with Gasteiger partial charge in [0, 0.05) is 0 Å². The summed E-state index contributed by atoms with van der Waals surface area (Å²) in [7, 11) is 0. The largest absolute Gasteiger partial charge is 0.466 e. The van der Waals surface area contributed by atoms with Crippen molar-refractivity contribution in [3.8, 4) is 0 Å². The molecular formula is C17H18N2O2. The monoisotopic (exact) mass is 282 g/mol. The van der Waals surface area contributed by atoms with Gasteiger partial charge in [0.05, 0.1) is 11.8 Å². The van der Waals surface area contributed by atoms with E-state index in [1.54, 1.807) is 26.1 Å². The van der Waals surface area contributed by atoms with Gasteiger partial charge in [0.25, 0.3) is 5.91 Å². The first-order chi connectivity index (χ1) is 10.1. The molecule has 108 valence electrons. The van der Waals surface area contributed by atoms with E-state index in [0.717, 1.165) is 11.1 Å². The molecular weight excluding hydrogens is 264 g/mol. The lowest BCUT2D eigenvalue weighted by atomic mass is 10.1. The number of hydrazone groups is 1. The van der Waals surface area contributed by atoms with Crippen molar-refractivity contribution >= 4 is 18.2 Å². The van der Waals surface area contributed by atoms with Crippen LogP contribution in [0.1, 0.15) is 34.4 Å². The van der Waals surface area contributed by atoms with E-state index in [0.29, 0.717) is 17.1 Å². The summed E-state index contributed by atoms with van der Waals surface area (Å²) in [5.41, 5.74) is 5.05. The molecule has 0 saturated carbocycles. The first kappa shape index (κ1) is 14.8. The molecule has 4 heteroatoms. The molecule has 0 radical (unpaired) electrons. The highest BCUT2D eigenvalue weighted by atomic mass is 16.3. The van der Waals surface area contributed by atoms with Crippen LogP contribution in [0.25, 0.3) is 6.08 Å². The van der Waals surface area contributed by atoms with Gasteiger partial charge in [-0.25, -0.2) is 5.43 Å². The molecule has 0 bridgehead atoms. The number of carbonyl (C=O) groups excluding carboxylic acids is 1. The zero-order valence-electron chi connectivity index (χ0n) is 12.4. The highest BCUT2D eigenvalue weighted by Crippen LogP contribution is 2.13. The number of nitrogens with zero attached hydrogens (tertiary/aromatic N) is 1. The van der Waals surface area contributed by atoms with Crippen LogP contribution in [0.15, 0.2) is 51.5 Å². The summed E-state index contributed by atoms with van der Waals surface area (Å²) in [6, 6.07) is 11.6. The van der Waals surface area contributed by atoms with E-state index in [-0.39, 0.29) is 5.91 Å². The Morgan fingerprint density at radius 3 is 2.57 bits per heavy atom. The van der Waals surface area contributed by atoms with E-state index in [9.17, 15) is 4.79 Å². The molecule has 0 atom stereocenters. The van der Waals surface area contributed by atoms with Crippen LogP contribution < -0.4 is 5.43 Å². The summed E-state index contributed by atoms with van der Waals surface area (Å²) in [6.07, 6.45) is 3.61. The third-order valence-corrected chi connectivity index (χ3v) is 2.91. The second-order valence-corrected chi connectivity index (χ2v) is 4.83. The minimum Gasteiger partial charge on any atom is -0.466 e. The molecule has 21 heavy (non-hydrogen) atoms. The molecule has 0 aliphatic rings. The fraction of sp³-hybridized carbons (Fsp3) is 0.176. The van der Waals surface area contributed by atoms with Gasteiger partial charge in [-0.2, -0.15) is 5.10 Å². The topological polar surface area (TPSA) is 54.6 Å². The van der Waals surface area contributed by atoms with E-state index in [1.165, 1.54) is 0 Å². The molecule has 1 aromatic heterocycles. The molecule has 1 amide bonds. The van der Waals surface area contributed by atoms with E-state index < -0.39 is 0 Å². The minimum absolute atomic E-state index is 0.270. The molecule has 4 nitrogen and oxygen atoms in total. The Labute approximate surface area is 124 Å². The van der Waals surface area contributed by atoms with Crippen LogP contribution in [0.3, 0.4) is 0 Å². The Hall–Kier alpha value is -2.62. The number of furan rings is 1. The van der Waals surface area contributed by atoms with Crippen LogP contribution in [-0.2, 0) is 0 Å². The predicted molar refractivity (Wildman–Crippen MR) is 84.2 cm³/mol. The Balaban J connectivity index is 1.97. The van der Waals surface area contributed by atoms with Gasteiger partial charge in [0.1, 0.15) is 11.5 Å². The smallest absolute Gasteiger partial charge is 0.274 e. The van der Waals surface area contributed by atoms with Crippen molar-refractivity contribution in [1.29, 1.82) is 0 Å². The number of aryl methyl sites for hydroxylation is 2. The van der Waals surface area contributed by atoms with Crippen LogP contribution in [0, 0.1) is 13.8 Å². The van der Waals surface area contributed by atoms with Gasteiger partial charge >= 0.3 is 0 Å². The van der Waals surface area contributed by atoms with Crippen LogP contribution in [-0.4, -0.2) is 12.1 Å². The van der Waals surface area contributed by atoms with Crippen molar-refractivity contribution in [2.24, 2.45) is 5.10 Å². The van der Waals surface area contributed by atoms with Crippen LogP contribution in [0.4, 0.5) is 0 Å². The molecule has 0 unspecified atom stereocenters. The van der Waals surface area contributed by atoms with E-state index in [2.05, 4.69) is 10.5 Å². The number of nitrogens with one attached hydrogen (secondary N) is 1. The summed E-state index contributed by atoms with van der Waals surface area (Å²) in [4.78, 5) is 11.9. The maximum atomic E-state index is 11.9. The van der Waals surface area contributed by atoms with Crippen LogP contribution in [0.2, 0.25) is 0 Å². The van der Waals surface area contributed by atoms with Gasteiger partial charge in [-0.1, -0.05) is 36.4 Å². The molecule has 2 rings (SSSR count). The quantitative estimate of drug-likeness (QED) is 0.686. The van der Waals surface area contributed by atoms with E-state index in [1.807, 2.05) is 43.3 Å². The Bertz CT molecular complexity index is 682. The van der Waals surface area contributed by atoms with E-state index >= 15 is 0 Å². The average molecular weight is 282 g/mol. The molecule has 0 aliphatic heterocycles. The van der Waals surface area contributed by atoms with E-state index in [4.69, 9.17) is 4.42 Å². The van der Waals surface area contributed by atoms with Crippen LogP contribution in [0.5, 0.6) is 0 Å². The van der Waals surface area contributed by atoms with Gasteiger partial charge in [0.15, 0.2) is 0 Å². The first-order valence-electron chi connectivity index (χ1n) is 6.70.